The quantitative estimate of drug-likeness (QED) is 0.762. The molecule has 2 heterocycles. The molecule has 4 rings (SSSR count). The van der Waals surface area contributed by atoms with Crippen molar-refractivity contribution in [3.05, 3.63) is 0 Å². The van der Waals surface area contributed by atoms with E-state index in [1.807, 2.05) is 13.8 Å². The number of aliphatic hydroxyl groups excluding tert-OH is 2. The highest BCUT2D eigenvalue weighted by molar-refractivity contribution is 5.18. The smallest absolute Gasteiger partial charge is 0.163 e. The van der Waals surface area contributed by atoms with Gasteiger partial charge in [0.05, 0.1) is 30.5 Å². The van der Waals surface area contributed by atoms with E-state index in [2.05, 4.69) is 20.8 Å². The minimum absolute atomic E-state index is 0.0108. The molecule has 0 aromatic heterocycles. The Morgan fingerprint density at radius 3 is 2.39 bits per heavy atom. The predicted molar refractivity (Wildman–Crippen MR) is 107 cm³/mol. The molecule has 0 unspecified atom stereocenters. The van der Waals surface area contributed by atoms with Crippen molar-refractivity contribution >= 4 is 0 Å². The molecular weight excluding hydrogens is 356 g/mol. The average molecular weight is 397 g/mol. The summed E-state index contributed by atoms with van der Waals surface area (Å²) in [4.78, 5) is 0. The summed E-state index contributed by atoms with van der Waals surface area (Å²) in [6, 6.07) is 0. The van der Waals surface area contributed by atoms with Crippen LogP contribution in [0.1, 0.15) is 79.6 Å². The molecule has 5 heteroatoms. The van der Waals surface area contributed by atoms with Crippen LogP contribution in [0.3, 0.4) is 0 Å². The molecule has 162 valence electrons. The Hall–Kier alpha value is -0.200. The van der Waals surface area contributed by atoms with Crippen molar-refractivity contribution in [1.82, 2.24) is 0 Å². The third-order valence-corrected chi connectivity index (χ3v) is 9.24. The summed E-state index contributed by atoms with van der Waals surface area (Å²) < 4.78 is 19.5. The summed E-state index contributed by atoms with van der Waals surface area (Å²) >= 11 is 0. The van der Waals surface area contributed by atoms with Crippen LogP contribution in [0.15, 0.2) is 0 Å². The first kappa shape index (κ1) is 21.0. The van der Waals surface area contributed by atoms with E-state index in [0.717, 1.165) is 38.7 Å². The third kappa shape index (κ3) is 2.76. The van der Waals surface area contributed by atoms with Crippen LogP contribution in [0.2, 0.25) is 0 Å². The van der Waals surface area contributed by atoms with Gasteiger partial charge in [0, 0.05) is 23.9 Å². The van der Waals surface area contributed by atoms with Crippen LogP contribution in [0, 0.1) is 22.7 Å². The Bertz CT molecular complexity index is 608. The highest BCUT2D eigenvalue weighted by Gasteiger charge is 2.70. The van der Waals surface area contributed by atoms with Crippen molar-refractivity contribution in [3.63, 3.8) is 0 Å². The average Bonchev–Trinajstić information content (AvgIpc) is 3.03. The second-order valence-electron chi connectivity index (χ2n) is 11.1. The zero-order valence-corrected chi connectivity index (χ0v) is 18.4. The number of hydrogen-bond donors (Lipinski definition) is 2. The number of rotatable bonds is 3. The minimum atomic E-state index is -0.590. The number of ether oxygens (including phenoxy) is 3. The fraction of sp³-hybridized carbons (Fsp3) is 1.00. The van der Waals surface area contributed by atoms with Gasteiger partial charge in [-0.2, -0.15) is 0 Å². The van der Waals surface area contributed by atoms with Crippen LogP contribution in [0.5, 0.6) is 0 Å². The second kappa shape index (κ2) is 6.65. The Kier molecular flexibility index (Phi) is 5.00. The largest absolute Gasteiger partial charge is 0.396 e. The van der Waals surface area contributed by atoms with Gasteiger partial charge in [-0.15, -0.1) is 0 Å². The van der Waals surface area contributed by atoms with Crippen molar-refractivity contribution in [2.75, 3.05) is 19.8 Å². The molecule has 0 bridgehead atoms. The maximum atomic E-state index is 10.1. The van der Waals surface area contributed by atoms with Gasteiger partial charge in [0.1, 0.15) is 0 Å². The van der Waals surface area contributed by atoms with Crippen LogP contribution < -0.4 is 0 Å². The Morgan fingerprint density at radius 2 is 1.71 bits per heavy atom. The monoisotopic (exact) mass is 396 g/mol. The van der Waals surface area contributed by atoms with Crippen molar-refractivity contribution in [2.45, 2.75) is 103 Å². The van der Waals surface area contributed by atoms with Crippen molar-refractivity contribution < 1.29 is 24.4 Å². The molecule has 2 saturated heterocycles. The fourth-order valence-electron chi connectivity index (χ4n) is 7.57. The zero-order chi connectivity index (χ0) is 20.4. The molecule has 4 aliphatic rings. The molecule has 0 radical (unpaired) electrons. The molecule has 28 heavy (non-hydrogen) atoms. The molecule has 4 fully saturated rings. The first-order valence-electron chi connectivity index (χ1n) is 11.3. The minimum Gasteiger partial charge on any atom is -0.396 e. The highest BCUT2D eigenvalue weighted by atomic mass is 16.7. The van der Waals surface area contributed by atoms with Crippen LogP contribution in [0.4, 0.5) is 0 Å². The first-order valence-corrected chi connectivity index (χ1v) is 11.3. The molecule has 0 amide bonds. The van der Waals surface area contributed by atoms with Gasteiger partial charge in [-0.3, -0.25) is 0 Å². The fourth-order valence-corrected chi connectivity index (χ4v) is 7.57. The van der Waals surface area contributed by atoms with Gasteiger partial charge in [0.15, 0.2) is 5.79 Å². The van der Waals surface area contributed by atoms with Crippen LogP contribution >= 0.6 is 0 Å². The van der Waals surface area contributed by atoms with E-state index in [4.69, 9.17) is 14.2 Å². The molecular formula is C23H40O5. The normalized spacial score (nSPS) is 53.0. The van der Waals surface area contributed by atoms with Crippen LogP contribution in [-0.4, -0.2) is 53.1 Å². The van der Waals surface area contributed by atoms with Crippen molar-refractivity contribution in [2.24, 2.45) is 22.7 Å². The van der Waals surface area contributed by atoms with Gasteiger partial charge in [-0.05, 0) is 64.2 Å². The molecule has 2 N–H and O–H groups in total. The number of aliphatic hydroxyl groups is 2. The lowest BCUT2D eigenvalue weighted by atomic mass is 9.43. The molecule has 5 nitrogen and oxygen atoms in total. The lowest BCUT2D eigenvalue weighted by Gasteiger charge is -2.67. The maximum Gasteiger partial charge on any atom is 0.163 e. The maximum absolute atomic E-state index is 10.1. The zero-order valence-electron chi connectivity index (χ0n) is 18.4. The van der Waals surface area contributed by atoms with Gasteiger partial charge in [-0.25, -0.2) is 0 Å². The molecule has 2 aliphatic heterocycles. The van der Waals surface area contributed by atoms with Gasteiger partial charge in [0.2, 0.25) is 0 Å². The molecule has 7 atom stereocenters. The van der Waals surface area contributed by atoms with E-state index >= 15 is 0 Å². The second-order valence-corrected chi connectivity index (χ2v) is 11.1. The van der Waals surface area contributed by atoms with E-state index in [1.165, 1.54) is 6.42 Å². The van der Waals surface area contributed by atoms with Gasteiger partial charge >= 0.3 is 0 Å². The molecule has 1 spiro atoms. The summed E-state index contributed by atoms with van der Waals surface area (Å²) in [7, 11) is 0. The van der Waals surface area contributed by atoms with Gasteiger partial charge in [0.25, 0.3) is 0 Å². The Labute approximate surface area is 170 Å². The lowest BCUT2D eigenvalue weighted by molar-refractivity contribution is -0.359. The standard InChI is InChI=1S/C23H40O5/c1-16-6-7-17-20(4)15-26-19(2,3)27-18(20)8-9-21(17,5)23(16)11-10-22(14-25,28-23)12-13-24/h16-18,24-25H,6-15H2,1-5H3/t16-,17+,18-,20-,21-,22-,23+/m0/s1. The van der Waals surface area contributed by atoms with E-state index in [-0.39, 0.29) is 35.7 Å². The van der Waals surface area contributed by atoms with E-state index < -0.39 is 11.4 Å². The van der Waals surface area contributed by atoms with E-state index in [1.54, 1.807) is 0 Å². The molecule has 2 aliphatic carbocycles. The van der Waals surface area contributed by atoms with Gasteiger partial charge in [-0.1, -0.05) is 20.8 Å². The highest BCUT2D eigenvalue weighted by Crippen LogP contribution is 2.69. The predicted octanol–water partition coefficient (Wildman–Crippen LogP) is 3.65. The summed E-state index contributed by atoms with van der Waals surface area (Å²) in [6.07, 6.45) is 6.95. The summed E-state index contributed by atoms with van der Waals surface area (Å²) in [5.74, 6) is 0.409. The van der Waals surface area contributed by atoms with Crippen molar-refractivity contribution in [1.29, 1.82) is 0 Å². The Balaban J connectivity index is 1.70. The van der Waals surface area contributed by atoms with E-state index in [0.29, 0.717) is 18.3 Å². The topological polar surface area (TPSA) is 68.2 Å². The molecule has 0 aromatic carbocycles. The SMILES string of the molecule is C[C@H]1CC[C@@H]2[C@]3(C)COC(C)(C)O[C@H]3CC[C@]2(C)[C@@]12CC[C@@](CO)(CCO)O2. The number of fused-ring (bicyclic) bond motifs is 4. The number of hydrogen-bond acceptors (Lipinski definition) is 5. The molecule has 2 saturated carbocycles. The molecule has 0 aromatic rings. The van der Waals surface area contributed by atoms with E-state index in [9.17, 15) is 10.2 Å². The van der Waals surface area contributed by atoms with Crippen molar-refractivity contribution in [3.8, 4) is 0 Å². The lowest BCUT2D eigenvalue weighted by Crippen LogP contribution is -2.69. The summed E-state index contributed by atoms with van der Waals surface area (Å²) in [6.45, 7) is 12.0. The Morgan fingerprint density at radius 1 is 0.964 bits per heavy atom. The third-order valence-electron chi connectivity index (χ3n) is 9.24. The van der Waals surface area contributed by atoms with Gasteiger partial charge < -0.3 is 24.4 Å². The van der Waals surface area contributed by atoms with Crippen LogP contribution in [-0.2, 0) is 14.2 Å². The first-order chi connectivity index (χ1) is 13.1. The summed E-state index contributed by atoms with van der Waals surface area (Å²) in [5.41, 5.74) is -0.820. The summed E-state index contributed by atoms with van der Waals surface area (Å²) in [5, 5.41) is 19.7. The van der Waals surface area contributed by atoms with Crippen LogP contribution in [0.25, 0.3) is 0 Å².